The number of hydrogen-bond acceptors (Lipinski definition) is 3. The Labute approximate surface area is 89.6 Å². The molecule has 0 aliphatic rings. The van der Waals surface area contributed by atoms with Gasteiger partial charge >= 0.3 is 0 Å². The Balaban J connectivity index is 2.46. The third kappa shape index (κ3) is 3.27. The average molecular weight is 210 g/mol. The van der Waals surface area contributed by atoms with Gasteiger partial charge in [-0.05, 0) is 6.42 Å². The number of nitrogens with two attached hydrogens (primary N) is 1. The van der Waals surface area contributed by atoms with Crippen molar-refractivity contribution in [3.8, 4) is 0 Å². The van der Waals surface area contributed by atoms with Crippen LogP contribution in [0.4, 0.5) is 5.82 Å². The van der Waals surface area contributed by atoms with Crippen molar-refractivity contribution in [2.24, 2.45) is 0 Å². The highest BCUT2D eigenvalue weighted by Crippen LogP contribution is 2.05. The number of rotatable bonds is 5. The summed E-state index contributed by atoms with van der Waals surface area (Å²) in [6.45, 7) is 2.91. The molecule has 0 aliphatic carbocycles. The molecule has 15 heavy (non-hydrogen) atoms. The van der Waals surface area contributed by atoms with Crippen LogP contribution in [0.5, 0.6) is 0 Å². The molecule has 5 nitrogen and oxygen atoms in total. The van der Waals surface area contributed by atoms with E-state index < -0.39 is 0 Å². The topological polar surface area (TPSA) is 75.0 Å². The van der Waals surface area contributed by atoms with Crippen LogP contribution in [0, 0.1) is 0 Å². The molecule has 0 aromatic carbocycles. The van der Waals surface area contributed by atoms with Crippen molar-refractivity contribution in [2.75, 3.05) is 19.3 Å². The van der Waals surface area contributed by atoms with E-state index in [0.29, 0.717) is 11.5 Å². The number of hydrogen-bond donors (Lipinski definition) is 2. The Morgan fingerprint density at radius 2 is 2.33 bits per heavy atom. The number of unbranched alkanes of at least 4 members (excludes halogenated alkanes) is 2. The molecular formula is C10H18N4O. The molecule has 0 saturated heterocycles. The summed E-state index contributed by atoms with van der Waals surface area (Å²) < 4.78 is 0. The summed E-state index contributed by atoms with van der Waals surface area (Å²) >= 11 is 0. The number of H-pyrrole nitrogens is 1. The van der Waals surface area contributed by atoms with Crippen LogP contribution in [0.1, 0.15) is 36.7 Å². The Morgan fingerprint density at radius 3 is 2.87 bits per heavy atom. The Bertz CT molecular complexity index is 321. The summed E-state index contributed by atoms with van der Waals surface area (Å²) in [5.41, 5.74) is 5.88. The number of aromatic nitrogens is 2. The van der Waals surface area contributed by atoms with Crippen LogP contribution in [0.25, 0.3) is 0 Å². The van der Waals surface area contributed by atoms with Crippen molar-refractivity contribution < 1.29 is 4.79 Å². The number of carbonyl (C=O) groups is 1. The van der Waals surface area contributed by atoms with Gasteiger partial charge in [-0.25, -0.2) is 0 Å². The van der Waals surface area contributed by atoms with Crippen LogP contribution < -0.4 is 5.73 Å². The molecule has 0 saturated carbocycles. The molecular weight excluding hydrogens is 192 g/mol. The van der Waals surface area contributed by atoms with Crippen LogP contribution in [-0.4, -0.2) is 34.6 Å². The highest BCUT2D eigenvalue weighted by molar-refractivity contribution is 5.92. The molecule has 3 N–H and O–H groups in total. The van der Waals surface area contributed by atoms with Gasteiger partial charge in [0.05, 0.1) is 0 Å². The molecule has 84 valence electrons. The van der Waals surface area contributed by atoms with E-state index in [0.717, 1.165) is 25.8 Å². The molecule has 1 aromatic rings. The standard InChI is InChI=1S/C10H18N4O/c1-3-4-5-6-14(2)10(15)8-7-9(11)13-12-8/h7H,3-6H2,1-2H3,(H3,11,12,13). The summed E-state index contributed by atoms with van der Waals surface area (Å²) in [7, 11) is 1.79. The highest BCUT2D eigenvalue weighted by Gasteiger charge is 2.13. The molecule has 1 rings (SSSR count). The normalized spacial score (nSPS) is 10.3. The number of nitrogens with zero attached hydrogens (tertiary/aromatic N) is 2. The van der Waals surface area contributed by atoms with E-state index in [4.69, 9.17) is 5.73 Å². The summed E-state index contributed by atoms with van der Waals surface area (Å²) in [5.74, 6) is 0.288. The molecule has 0 bridgehead atoms. The monoisotopic (exact) mass is 210 g/mol. The van der Waals surface area contributed by atoms with Crippen molar-refractivity contribution in [1.29, 1.82) is 0 Å². The van der Waals surface area contributed by atoms with Crippen LogP contribution in [-0.2, 0) is 0 Å². The van der Waals surface area contributed by atoms with E-state index in [2.05, 4.69) is 17.1 Å². The minimum absolute atomic E-state index is 0.0599. The molecule has 1 aromatic heterocycles. The summed E-state index contributed by atoms with van der Waals surface area (Å²) in [6.07, 6.45) is 3.32. The zero-order valence-electron chi connectivity index (χ0n) is 9.29. The lowest BCUT2D eigenvalue weighted by Gasteiger charge is -2.15. The SMILES string of the molecule is CCCCCN(C)C(=O)c1cc(N)n[nH]1. The van der Waals surface area contributed by atoms with E-state index in [1.807, 2.05) is 0 Å². The lowest BCUT2D eigenvalue weighted by atomic mass is 10.2. The number of amides is 1. The van der Waals surface area contributed by atoms with Gasteiger partial charge in [0, 0.05) is 19.7 Å². The number of nitrogens with one attached hydrogen (secondary N) is 1. The van der Waals surface area contributed by atoms with E-state index >= 15 is 0 Å². The third-order valence-corrected chi connectivity index (χ3v) is 2.27. The average Bonchev–Trinajstić information content (AvgIpc) is 2.64. The van der Waals surface area contributed by atoms with Gasteiger partial charge < -0.3 is 10.6 Å². The first-order valence-electron chi connectivity index (χ1n) is 5.21. The molecule has 0 atom stereocenters. The van der Waals surface area contributed by atoms with Crippen molar-refractivity contribution >= 4 is 11.7 Å². The first-order chi connectivity index (χ1) is 7.15. The van der Waals surface area contributed by atoms with Crippen LogP contribution in [0.15, 0.2) is 6.07 Å². The zero-order chi connectivity index (χ0) is 11.3. The molecule has 1 amide bonds. The maximum absolute atomic E-state index is 11.8. The van der Waals surface area contributed by atoms with Gasteiger partial charge in [-0.3, -0.25) is 9.89 Å². The Hall–Kier alpha value is -1.52. The van der Waals surface area contributed by atoms with Gasteiger partial charge in [0.2, 0.25) is 0 Å². The third-order valence-electron chi connectivity index (χ3n) is 2.27. The van der Waals surface area contributed by atoms with E-state index in [9.17, 15) is 4.79 Å². The Morgan fingerprint density at radius 1 is 1.60 bits per heavy atom. The molecule has 0 spiro atoms. The first kappa shape index (κ1) is 11.6. The van der Waals surface area contributed by atoms with Crippen molar-refractivity contribution in [1.82, 2.24) is 15.1 Å². The predicted octanol–water partition coefficient (Wildman–Crippen LogP) is 1.25. The predicted molar refractivity (Wildman–Crippen MR) is 59.5 cm³/mol. The minimum Gasteiger partial charge on any atom is -0.382 e. The summed E-state index contributed by atoms with van der Waals surface area (Å²) in [4.78, 5) is 13.4. The van der Waals surface area contributed by atoms with Gasteiger partial charge in [-0.15, -0.1) is 0 Å². The second-order valence-electron chi connectivity index (χ2n) is 3.64. The number of aromatic amines is 1. The quantitative estimate of drug-likeness (QED) is 0.718. The fourth-order valence-corrected chi connectivity index (χ4v) is 1.35. The van der Waals surface area contributed by atoms with Crippen molar-refractivity contribution in [2.45, 2.75) is 26.2 Å². The second-order valence-corrected chi connectivity index (χ2v) is 3.64. The maximum Gasteiger partial charge on any atom is 0.271 e. The van der Waals surface area contributed by atoms with Crippen LogP contribution in [0.3, 0.4) is 0 Å². The largest absolute Gasteiger partial charge is 0.382 e. The van der Waals surface area contributed by atoms with Gasteiger partial charge in [-0.2, -0.15) is 5.10 Å². The molecule has 0 radical (unpaired) electrons. The molecule has 0 unspecified atom stereocenters. The molecule has 1 heterocycles. The lowest BCUT2D eigenvalue weighted by molar-refractivity contribution is 0.0787. The zero-order valence-corrected chi connectivity index (χ0v) is 9.29. The molecule has 0 aliphatic heterocycles. The number of anilines is 1. The first-order valence-corrected chi connectivity index (χ1v) is 5.21. The second kappa shape index (κ2) is 5.38. The van der Waals surface area contributed by atoms with E-state index in [1.165, 1.54) is 0 Å². The molecule has 5 heteroatoms. The number of nitrogen functional groups attached to an aromatic ring is 1. The van der Waals surface area contributed by atoms with Crippen molar-refractivity contribution in [3.05, 3.63) is 11.8 Å². The van der Waals surface area contributed by atoms with Crippen molar-refractivity contribution in [3.63, 3.8) is 0 Å². The molecule has 0 fully saturated rings. The smallest absolute Gasteiger partial charge is 0.271 e. The Kier molecular flexibility index (Phi) is 4.15. The fraction of sp³-hybridized carbons (Fsp3) is 0.600. The summed E-state index contributed by atoms with van der Waals surface area (Å²) in [6, 6.07) is 1.55. The van der Waals surface area contributed by atoms with Crippen LogP contribution in [0.2, 0.25) is 0 Å². The lowest BCUT2D eigenvalue weighted by Crippen LogP contribution is -2.28. The van der Waals surface area contributed by atoms with E-state index in [-0.39, 0.29) is 5.91 Å². The number of carbonyl (C=O) groups excluding carboxylic acids is 1. The van der Waals surface area contributed by atoms with Gasteiger partial charge in [0.15, 0.2) is 0 Å². The highest BCUT2D eigenvalue weighted by atomic mass is 16.2. The van der Waals surface area contributed by atoms with Crippen LogP contribution >= 0.6 is 0 Å². The maximum atomic E-state index is 11.8. The minimum atomic E-state index is -0.0599. The van der Waals surface area contributed by atoms with Gasteiger partial charge in [0.1, 0.15) is 11.5 Å². The summed E-state index contributed by atoms with van der Waals surface area (Å²) in [5, 5.41) is 6.33. The van der Waals surface area contributed by atoms with Gasteiger partial charge in [0.25, 0.3) is 5.91 Å². The van der Waals surface area contributed by atoms with Gasteiger partial charge in [-0.1, -0.05) is 19.8 Å². The van der Waals surface area contributed by atoms with E-state index in [1.54, 1.807) is 18.0 Å². The fourth-order valence-electron chi connectivity index (χ4n) is 1.35.